The van der Waals surface area contributed by atoms with Crippen molar-refractivity contribution in [2.75, 3.05) is 14.1 Å². The summed E-state index contributed by atoms with van der Waals surface area (Å²) in [4.78, 5) is 20.1. The number of hydrogen-bond acceptors (Lipinski definition) is 4. The monoisotopic (exact) mass is 147 g/mol. The van der Waals surface area contributed by atoms with Crippen molar-refractivity contribution in [3.8, 4) is 0 Å². The second kappa shape index (κ2) is 3.80. The van der Waals surface area contributed by atoms with Crippen LogP contribution in [0.2, 0.25) is 0 Å². The normalized spacial score (nSPS) is 9.50. The highest BCUT2D eigenvalue weighted by atomic mass is 16.4. The lowest BCUT2D eigenvalue weighted by molar-refractivity contribution is -0.151. The zero-order valence-electron chi connectivity index (χ0n) is 5.71. The van der Waals surface area contributed by atoms with Crippen LogP contribution in [0.3, 0.4) is 0 Å². The summed E-state index contributed by atoms with van der Waals surface area (Å²) >= 11 is 0. The molecular formula is C4H9N3O3. The first kappa shape index (κ1) is 8.86. The molecule has 6 heteroatoms. The summed E-state index contributed by atoms with van der Waals surface area (Å²) in [6.45, 7) is 0. The Labute approximate surface area is 57.8 Å². The highest BCUT2D eigenvalue weighted by molar-refractivity contribution is 6.31. The quantitative estimate of drug-likeness (QED) is 0.316. The van der Waals surface area contributed by atoms with E-state index in [0.717, 1.165) is 0 Å². The number of carboxylic acids is 1. The molecule has 0 fully saturated rings. The Morgan fingerprint density at radius 1 is 1.40 bits per heavy atom. The van der Waals surface area contributed by atoms with Crippen molar-refractivity contribution in [1.29, 1.82) is 0 Å². The third-order valence-corrected chi connectivity index (χ3v) is 0.587. The Bertz CT molecular complexity index is 145. The number of carbonyl (C=O) groups is 2. The molecule has 0 aromatic heterocycles. The summed E-state index contributed by atoms with van der Waals surface area (Å²) in [7, 11) is 3.23. The Morgan fingerprint density at radius 3 is 2.20 bits per heavy atom. The van der Waals surface area contributed by atoms with Crippen molar-refractivity contribution in [2.24, 2.45) is 0 Å². The maximum Gasteiger partial charge on any atom is 0.395 e. The first-order chi connectivity index (χ1) is 4.54. The van der Waals surface area contributed by atoms with Gasteiger partial charge in [0, 0.05) is 14.1 Å². The standard InChI is InChI=1S/C4H9N3O3/c1-7(2)6-5-3(8)4(9)10/h6H,1-2H3,(H,5,8)(H,9,10). The largest absolute Gasteiger partial charge is 0.474 e. The third-order valence-electron chi connectivity index (χ3n) is 0.587. The Morgan fingerprint density at radius 2 is 1.90 bits per heavy atom. The van der Waals surface area contributed by atoms with Gasteiger partial charge in [-0.1, -0.05) is 0 Å². The minimum atomic E-state index is -1.52. The number of hydrogen-bond donors (Lipinski definition) is 3. The van der Waals surface area contributed by atoms with Crippen LogP contribution >= 0.6 is 0 Å². The van der Waals surface area contributed by atoms with Gasteiger partial charge in [0.1, 0.15) is 0 Å². The molecule has 58 valence electrons. The topological polar surface area (TPSA) is 81.7 Å². The molecular weight excluding hydrogens is 138 g/mol. The number of hydrazine groups is 2. The average molecular weight is 147 g/mol. The average Bonchev–Trinajstić information content (AvgIpc) is 1.82. The smallest absolute Gasteiger partial charge is 0.395 e. The molecule has 0 aliphatic rings. The second-order valence-corrected chi connectivity index (χ2v) is 1.77. The second-order valence-electron chi connectivity index (χ2n) is 1.77. The zero-order chi connectivity index (χ0) is 8.15. The van der Waals surface area contributed by atoms with Crippen LogP contribution < -0.4 is 11.0 Å². The van der Waals surface area contributed by atoms with Gasteiger partial charge in [0.25, 0.3) is 0 Å². The summed E-state index contributed by atoms with van der Waals surface area (Å²) in [5.74, 6) is -2.61. The first-order valence-corrected chi connectivity index (χ1v) is 2.50. The summed E-state index contributed by atoms with van der Waals surface area (Å²) in [5.41, 5.74) is 4.20. The SMILES string of the molecule is CN(C)NNC(=O)C(=O)O. The fourth-order valence-corrected chi connectivity index (χ4v) is 0.216. The van der Waals surface area contributed by atoms with Crippen molar-refractivity contribution in [1.82, 2.24) is 16.0 Å². The van der Waals surface area contributed by atoms with Gasteiger partial charge < -0.3 is 5.11 Å². The molecule has 0 radical (unpaired) electrons. The number of rotatable bonds is 2. The van der Waals surface area contributed by atoms with E-state index in [4.69, 9.17) is 5.11 Å². The molecule has 10 heavy (non-hydrogen) atoms. The number of aliphatic carboxylic acids is 1. The summed E-state index contributed by atoms with van der Waals surface area (Å²) in [6, 6.07) is 0. The van der Waals surface area contributed by atoms with Gasteiger partial charge in [-0.2, -0.15) is 5.53 Å². The Balaban J connectivity index is 3.50. The zero-order valence-corrected chi connectivity index (χ0v) is 5.71. The van der Waals surface area contributed by atoms with E-state index in [1.165, 1.54) is 5.01 Å². The number of nitrogens with one attached hydrogen (secondary N) is 2. The van der Waals surface area contributed by atoms with E-state index in [9.17, 15) is 9.59 Å². The minimum absolute atomic E-state index is 1.09. The van der Waals surface area contributed by atoms with Gasteiger partial charge in [0.2, 0.25) is 0 Å². The van der Waals surface area contributed by atoms with Crippen LogP contribution in [0.1, 0.15) is 0 Å². The van der Waals surface area contributed by atoms with E-state index in [1.807, 2.05) is 5.43 Å². The highest BCUT2D eigenvalue weighted by Gasteiger charge is 2.08. The maximum absolute atomic E-state index is 10.2. The van der Waals surface area contributed by atoms with Crippen LogP contribution in [0, 0.1) is 0 Å². The van der Waals surface area contributed by atoms with Gasteiger partial charge in [-0.25, -0.2) is 9.80 Å². The molecule has 0 aromatic rings. The van der Waals surface area contributed by atoms with Crippen LogP contribution in [0.15, 0.2) is 0 Å². The van der Waals surface area contributed by atoms with Crippen LogP contribution in [-0.4, -0.2) is 36.1 Å². The summed E-state index contributed by atoms with van der Waals surface area (Å²) in [6.07, 6.45) is 0. The van der Waals surface area contributed by atoms with E-state index >= 15 is 0 Å². The molecule has 0 saturated heterocycles. The molecule has 0 unspecified atom stereocenters. The molecule has 0 rings (SSSR count). The summed E-state index contributed by atoms with van der Waals surface area (Å²) < 4.78 is 0. The molecule has 0 saturated carbocycles. The van der Waals surface area contributed by atoms with Crippen molar-refractivity contribution in [3.05, 3.63) is 0 Å². The van der Waals surface area contributed by atoms with Crippen molar-refractivity contribution in [2.45, 2.75) is 0 Å². The molecule has 0 aliphatic carbocycles. The number of carboxylic acid groups (broad SMARTS) is 1. The van der Waals surface area contributed by atoms with E-state index in [2.05, 4.69) is 5.53 Å². The van der Waals surface area contributed by atoms with E-state index in [0.29, 0.717) is 0 Å². The molecule has 0 spiro atoms. The van der Waals surface area contributed by atoms with Gasteiger partial charge in [0.15, 0.2) is 0 Å². The summed E-state index contributed by atoms with van der Waals surface area (Å²) in [5, 5.41) is 9.43. The van der Waals surface area contributed by atoms with E-state index < -0.39 is 11.9 Å². The lowest BCUT2D eigenvalue weighted by Crippen LogP contribution is -2.48. The highest BCUT2D eigenvalue weighted by Crippen LogP contribution is 1.62. The molecule has 0 aromatic carbocycles. The number of nitrogens with zero attached hydrogens (tertiary/aromatic N) is 1. The predicted octanol–water partition coefficient (Wildman–Crippen LogP) is -1.83. The predicted molar refractivity (Wildman–Crippen MR) is 32.6 cm³/mol. The Hall–Kier alpha value is -1.14. The fraction of sp³-hybridized carbons (Fsp3) is 0.500. The lowest BCUT2D eigenvalue weighted by Gasteiger charge is -2.10. The van der Waals surface area contributed by atoms with E-state index in [1.54, 1.807) is 14.1 Å². The van der Waals surface area contributed by atoms with Crippen LogP contribution in [-0.2, 0) is 9.59 Å². The van der Waals surface area contributed by atoms with Crippen LogP contribution in [0.4, 0.5) is 0 Å². The third kappa shape index (κ3) is 3.81. The van der Waals surface area contributed by atoms with Crippen molar-refractivity contribution >= 4 is 11.9 Å². The molecule has 0 heterocycles. The van der Waals surface area contributed by atoms with Gasteiger partial charge in [0.05, 0.1) is 0 Å². The lowest BCUT2D eigenvalue weighted by atomic mass is 10.7. The molecule has 3 N–H and O–H groups in total. The fourth-order valence-electron chi connectivity index (χ4n) is 0.216. The van der Waals surface area contributed by atoms with Gasteiger partial charge in [-0.05, 0) is 0 Å². The van der Waals surface area contributed by atoms with Crippen LogP contribution in [0.5, 0.6) is 0 Å². The minimum Gasteiger partial charge on any atom is -0.474 e. The van der Waals surface area contributed by atoms with Crippen molar-refractivity contribution in [3.63, 3.8) is 0 Å². The van der Waals surface area contributed by atoms with Gasteiger partial charge in [-0.15, -0.1) is 0 Å². The first-order valence-electron chi connectivity index (χ1n) is 2.50. The molecule has 1 amide bonds. The van der Waals surface area contributed by atoms with E-state index in [-0.39, 0.29) is 0 Å². The maximum atomic E-state index is 10.2. The number of carbonyl (C=O) groups excluding carboxylic acids is 1. The molecule has 0 bridgehead atoms. The van der Waals surface area contributed by atoms with Crippen molar-refractivity contribution < 1.29 is 14.7 Å². The molecule has 0 atom stereocenters. The Kier molecular flexibility index (Phi) is 3.37. The van der Waals surface area contributed by atoms with Gasteiger partial charge in [-0.3, -0.25) is 10.2 Å². The molecule has 6 nitrogen and oxygen atoms in total. The number of amides is 1. The van der Waals surface area contributed by atoms with Gasteiger partial charge >= 0.3 is 11.9 Å². The molecule has 0 aliphatic heterocycles. The van der Waals surface area contributed by atoms with Crippen LogP contribution in [0.25, 0.3) is 0 Å².